The summed E-state index contributed by atoms with van der Waals surface area (Å²) in [6, 6.07) is 23.2. The van der Waals surface area contributed by atoms with Crippen LogP contribution >= 0.6 is 0 Å². The minimum atomic E-state index is -0.330. The van der Waals surface area contributed by atoms with Crippen molar-refractivity contribution in [3.63, 3.8) is 0 Å². The number of nitrogens with one attached hydrogen (secondary N) is 1. The smallest absolute Gasteiger partial charge is 0.410 e. The Labute approximate surface area is 246 Å². The summed E-state index contributed by atoms with van der Waals surface area (Å²) in [7, 11) is 1.42. The first-order valence-corrected chi connectivity index (χ1v) is 14.4. The molecule has 0 radical (unpaired) electrons. The van der Waals surface area contributed by atoms with Gasteiger partial charge in [0.15, 0.2) is 0 Å². The van der Waals surface area contributed by atoms with Gasteiger partial charge in [-0.3, -0.25) is 4.79 Å². The quantitative estimate of drug-likeness (QED) is 0.405. The minimum absolute atomic E-state index is 0.0951. The van der Waals surface area contributed by atoms with Crippen molar-refractivity contribution >= 4 is 23.4 Å². The number of nitrogens with two attached hydrogens (primary N) is 1. The molecule has 0 bridgehead atoms. The zero-order valence-electron chi connectivity index (χ0n) is 23.9. The van der Waals surface area contributed by atoms with Gasteiger partial charge in [-0.1, -0.05) is 24.3 Å². The van der Waals surface area contributed by atoms with Crippen LogP contribution in [0.25, 0.3) is 11.1 Å². The van der Waals surface area contributed by atoms with Gasteiger partial charge in [0, 0.05) is 37.3 Å². The maximum atomic E-state index is 13.2. The van der Waals surface area contributed by atoms with Crippen molar-refractivity contribution in [1.82, 2.24) is 4.90 Å². The molecule has 42 heavy (non-hydrogen) atoms. The number of benzene rings is 3. The maximum Gasteiger partial charge on any atom is 0.410 e. The average Bonchev–Trinajstić information content (AvgIpc) is 3.04. The van der Waals surface area contributed by atoms with Gasteiger partial charge in [0.05, 0.1) is 43.3 Å². The van der Waals surface area contributed by atoms with E-state index in [4.69, 9.17) is 20.5 Å². The van der Waals surface area contributed by atoms with Gasteiger partial charge in [-0.25, -0.2) is 4.79 Å². The molecule has 9 heteroatoms. The molecule has 0 unspecified atom stereocenters. The summed E-state index contributed by atoms with van der Waals surface area (Å²) in [5, 5.41) is 12.2. The lowest BCUT2D eigenvalue weighted by Crippen LogP contribution is -2.43. The normalized spacial score (nSPS) is 18.5. The van der Waals surface area contributed by atoms with Crippen LogP contribution in [-0.4, -0.2) is 62.4 Å². The lowest BCUT2D eigenvalue weighted by Gasteiger charge is -2.35. The van der Waals surface area contributed by atoms with E-state index in [1.165, 1.54) is 7.11 Å². The number of methoxy groups -OCH3 is 1. The fourth-order valence-electron chi connectivity index (χ4n) is 5.71. The fourth-order valence-corrected chi connectivity index (χ4v) is 5.71. The van der Waals surface area contributed by atoms with Gasteiger partial charge < -0.3 is 30.3 Å². The van der Waals surface area contributed by atoms with Crippen molar-refractivity contribution in [2.24, 2.45) is 5.73 Å². The molecule has 1 heterocycles. The second kappa shape index (κ2) is 13.5. The molecule has 2 aliphatic rings. The van der Waals surface area contributed by atoms with Crippen molar-refractivity contribution < 1.29 is 19.1 Å². The minimum Gasteiger partial charge on any atom is -0.453 e. The van der Waals surface area contributed by atoms with Gasteiger partial charge >= 0.3 is 6.09 Å². The predicted molar refractivity (Wildman–Crippen MR) is 162 cm³/mol. The van der Waals surface area contributed by atoms with Crippen LogP contribution < -0.4 is 16.0 Å². The summed E-state index contributed by atoms with van der Waals surface area (Å²) in [6.07, 6.45) is 3.18. The van der Waals surface area contributed by atoms with Crippen LogP contribution in [0.5, 0.6) is 0 Å². The Morgan fingerprint density at radius 2 is 1.74 bits per heavy atom. The van der Waals surface area contributed by atoms with E-state index in [0.29, 0.717) is 36.6 Å². The third-order valence-corrected chi connectivity index (χ3v) is 8.08. The largest absolute Gasteiger partial charge is 0.453 e. The Hall–Kier alpha value is -4.39. The molecule has 5 rings (SSSR count). The lowest BCUT2D eigenvalue weighted by atomic mass is 9.90. The Morgan fingerprint density at radius 3 is 2.43 bits per heavy atom. The summed E-state index contributed by atoms with van der Waals surface area (Å²) >= 11 is 0. The number of ether oxygens (including phenoxy) is 2. The van der Waals surface area contributed by atoms with E-state index in [1.54, 1.807) is 24.3 Å². The molecule has 1 saturated heterocycles. The van der Waals surface area contributed by atoms with Crippen molar-refractivity contribution in [1.29, 1.82) is 5.26 Å². The number of hydrogen-bond acceptors (Lipinski definition) is 7. The molecule has 0 atom stereocenters. The summed E-state index contributed by atoms with van der Waals surface area (Å²) in [4.78, 5) is 30.0. The zero-order chi connectivity index (χ0) is 29.5. The highest BCUT2D eigenvalue weighted by molar-refractivity contribution is 6.06. The van der Waals surface area contributed by atoms with Crippen molar-refractivity contribution in [2.75, 3.05) is 43.6 Å². The van der Waals surface area contributed by atoms with Gasteiger partial charge in [0.25, 0.3) is 5.91 Å². The van der Waals surface area contributed by atoms with Crippen molar-refractivity contribution in [2.45, 2.75) is 44.3 Å². The number of amides is 2. The monoisotopic (exact) mass is 567 g/mol. The third-order valence-electron chi connectivity index (χ3n) is 8.08. The molecule has 3 N–H and O–H groups in total. The molecule has 0 aromatic heterocycles. The van der Waals surface area contributed by atoms with Crippen LogP contribution in [0.15, 0.2) is 66.7 Å². The molecular formula is C33H37N5O4. The molecule has 2 fully saturated rings. The molecule has 2 amide bonds. The molecule has 0 spiro atoms. The number of nitriles is 1. The molecular weight excluding hydrogens is 530 g/mol. The Bertz CT molecular complexity index is 1440. The number of nitrogens with zero attached hydrogens (tertiary/aromatic N) is 3. The Kier molecular flexibility index (Phi) is 9.37. The number of carbonyl (C=O) groups excluding carboxylic acids is 2. The second-order valence-electron chi connectivity index (χ2n) is 10.8. The van der Waals surface area contributed by atoms with E-state index >= 15 is 0 Å². The van der Waals surface area contributed by atoms with Crippen LogP contribution in [0, 0.1) is 11.3 Å². The summed E-state index contributed by atoms with van der Waals surface area (Å²) in [5.74, 6) is -0.249. The number of anilines is 2. The SMILES string of the molecule is COC(=O)N(Cc1cccc(-c2ccc(N3CCOCC3)c(NC(=O)c3ccc(C#N)cc3)c2)c1)C1CCC(N)CC1. The first-order valence-electron chi connectivity index (χ1n) is 14.4. The highest BCUT2D eigenvalue weighted by atomic mass is 16.5. The van der Waals surface area contributed by atoms with Gasteiger partial charge in [-0.05, 0) is 84.8 Å². The number of hydrogen-bond donors (Lipinski definition) is 2. The maximum absolute atomic E-state index is 13.2. The van der Waals surface area contributed by atoms with Gasteiger partial charge in [0.2, 0.25) is 0 Å². The van der Waals surface area contributed by atoms with E-state index in [0.717, 1.165) is 61.2 Å². The standard InChI is InChI=1S/C33H37N5O4/c1-41-33(40)38(29-12-10-28(35)11-13-29)22-24-3-2-4-26(19-24)27-9-14-31(37-15-17-42-18-16-37)30(20-27)36-32(39)25-7-5-23(21-34)6-8-25/h2-9,14,19-20,28-29H,10-13,15-18,22,35H2,1H3,(H,36,39). The first kappa shape index (κ1) is 29.1. The summed E-state index contributed by atoms with van der Waals surface area (Å²) in [5.41, 5.74) is 11.6. The van der Waals surface area contributed by atoms with E-state index in [1.807, 2.05) is 35.2 Å². The van der Waals surface area contributed by atoms with E-state index in [9.17, 15) is 9.59 Å². The highest BCUT2D eigenvalue weighted by Crippen LogP contribution is 2.33. The number of carbonyl (C=O) groups is 2. The predicted octanol–water partition coefficient (Wildman–Crippen LogP) is 5.15. The van der Waals surface area contributed by atoms with Gasteiger partial charge in [0.1, 0.15) is 0 Å². The zero-order valence-corrected chi connectivity index (χ0v) is 23.9. The van der Waals surface area contributed by atoms with Crippen LogP contribution in [0.4, 0.5) is 16.2 Å². The second-order valence-corrected chi connectivity index (χ2v) is 10.8. The van der Waals surface area contributed by atoms with E-state index in [2.05, 4.69) is 28.4 Å². The third kappa shape index (κ3) is 6.90. The fraction of sp³-hybridized carbons (Fsp3) is 0.364. The van der Waals surface area contributed by atoms with Gasteiger partial charge in [-0.15, -0.1) is 0 Å². The summed E-state index contributed by atoms with van der Waals surface area (Å²) in [6.45, 7) is 3.13. The molecule has 218 valence electrons. The molecule has 1 aliphatic heterocycles. The van der Waals surface area contributed by atoms with Crippen molar-refractivity contribution in [3.05, 3.63) is 83.4 Å². The average molecular weight is 568 g/mol. The Balaban J connectivity index is 1.42. The lowest BCUT2D eigenvalue weighted by molar-refractivity contribution is 0.0879. The van der Waals surface area contributed by atoms with E-state index in [-0.39, 0.29) is 24.1 Å². The highest BCUT2D eigenvalue weighted by Gasteiger charge is 2.28. The van der Waals surface area contributed by atoms with Crippen LogP contribution in [-0.2, 0) is 16.0 Å². The molecule has 9 nitrogen and oxygen atoms in total. The molecule has 1 aliphatic carbocycles. The molecule has 1 saturated carbocycles. The van der Waals surface area contributed by atoms with Crippen LogP contribution in [0.2, 0.25) is 0 Å². The van der Waals surface area contributed by atoms with Crippen LogP contribution in [0.1, 0.15) is 47.2 Å². The number of morpholine rings is 1. The number of rotatable bonds is 7. The summed E-state index contributed by atoms with van der Waals surface area (Å²) < 4.78 is 10.7. The first-order chi connectivity index (χ1) is 20.4. The topological polar surface area (TPSA) is 121 Å². The molecule has 3 aromatic rings. The van der Waals surface area contributed by atoms with Crippen LogP contribution in [0.3, 0.4) is 0 Å². The van der Waals surface area contributed by atoms with E-state index < -0.39 is 0 Å². The molecule has 3 aromatic carbocycles. The Morgan fingerprint density at radius 1 is 1.02 bits per heavy atom. The van der Waals surface area contributed by atoms with Gasteiger partial charge in [-0.2, -0.15) is 5.26 Å². The van der Waals surface area contributed by atoms with Crippen molar-refractivity contribution in [3.8, 4) is 17.2 Å².